The minimum absolute atomic E-state index is 0.116. The van der Waals surface area contributed by atoms with Crippen molar-refractivity contribution in [3.63, 3.8) is 0 Å². The molecule has 1 aromatic carbocycles. The number of aliphatic imine (C=N–C) groups is 1. The third-order valence-electron chi connectivity index (χ3n) is 5.45. The summed E-state index contributed by atoms with van der Waals surface area (Å²) in [5.74, 6) is -0.375. The lowest BCUT2D eigenvalue weighted by molar-refractivity contribution is 0.281. The van der Waals surface area contributed by atoms with Crippen LogP contribution < -0.4 is 21.7 Å². The van der Waals surface area contributed by atoms with Crippen LogP contribution in [0.15, 0.2) is 35.6 Å². The number of halogens is 1. The summed E-state index contributed by atoms with van der Waals surface area (Å²) in [6.07, 6.45) is 3.36. The number of aliphatic hydroxyl groups excluding tert-OH is 1. The van der Waals surface area contributed by atoms with Crippen LogP contribution in [0.25, 0.3) is 5.65 Å². The van der Waals surface area contributed by atoms with Gasteiger partial charge in [-0.15, -0.1) is 0 Å². The number of piperazine rings is 1. The summed E-state index contributed by atoms with van der Waals surface area (Å²) in [4.78, 5) is 10.8. The maximum absolute atomic E-state index is 14.4. The average Bonchev–Trinajstić information content (AvgIpc) is 3.07. The second kappa shape index (κ2) is 8.16. The highest BCUT2D eigenvalue weighted by Crippen LogP contribution is 2.28. The number of nitrogen functional groups attached to an aromatic ring is 1. The predicted octanol–water partition coefficient (Wildman–Crippen LogP) is 2.08. The van der Waals surface area contributed by atoms with Crippen molar-refractivity contribution in [2.75, 3.05) is 23.7 Å². The van der Waals surface area contributed by atoms with Gasteiger partial charge in [0, 0.05) is 60.6 Å². The minimum Gasteiger partial charge on any atom is -0.398 e. The van der Waals surface area contributed by atoms with Crippen molar-refractivity contribution < 1.29 is 9.50 Å². The molecule has 8 nitrogen and oxygen atoms in total. The van der Waals surface area contributed by atoms with Gasteiger partial charge in [0.2, 0.25) is 0 Å². The second-order valence-electron chi connectivity index (χ2n) is 8.26. The summed E-state index contributed by atoms with van der Waals surface area (Å²) < 4.78 is 16.0. The molecule has 1 fully saturated rings. The van der Waals surface area contributed by atoms with Crippen LogP contribution in [0.3, 0.4) is 0 Å². The summed E-state index contributed by atoms with van der Waals surface area (Å²) >= 11 is 0. The molecule has 0 radical (unpaired) electrons. The lowest BCUT2D eigenvalue weighted by Gasteiger charge is -2.38. The zero-order chi connectivity index (χ0) is 22.3. The largest absolute Gasteiger partial charge is 0.398 e. The highest BCUT2D eigenvalue weighted by atomic mass is 19.1. The minimum atomic E-state index is -0.491. The van der Waals surface area contributed by atoms with E-state index in [-0.39, 0.29) is 18.1 Å². The number of imidazole rings is 1. The van der Waals surface area contributed by atoms with Gasteiger partial charge in [-0.2, -0.15) is 0 Å². The molecule has 6 N–H and O–H groups in total. The molecular formula is C22H28FN7O. The Labute approximate surface area is 180 Å². The normalized spacial score (nSPS) is 19.9. The quantitative estimate of drug-likeness (QED) is 0.289. The second-order valence-corrected chi connectivity index (χ2v) is 8.26. The number of fused-ring (bicyclic) bond motifs is 1. The first-order valence-electron chi connectivity index (χ1n) is 10.3. The Balaban J connectivity index is 1.71. The van der Waals surface area contributed by atoms with E-state index in [1.165, 1.54) is 6.07 Å². The zero-order valence-corrected chi connectivity index (χ0v) is 17.9. The van der Waals surface area contributed by atoms with Crippen molar-refractivity contribution in [2.24, 2.45) is 10.7 Å². The molecule has 3 aromatic rings. The van der Waals surface area contributed by atoms with Gasteiger partial charge in [0.15, 0.2) is 11.5 Å². The molecular weight excluding hydrogens is 397 g/mol. The Bertz CT molecular complexity index is 1150. The van der Waals surface area contributed by atoms with Crippen LogP contribution in [0.2, 0.25) is 0 Å². The number of hydrogen-bond acceptors (Lipinski definition) is 6. The van der Waals surface area contributed by atoms with Crippen molar-refractivity contribution in [1.29, 1.82) is 0 Å². The van der Waals surface area contributed by atoms with E-state index >= 15 is 0 Å². The molecule has 0 aliphatic carbocycles. The summed E-state index contributed by atoms with van der Waals surface area (Å²) in [6, 6.07) is 5.70. The van der Waals surface area contributed by atoms with Crippen LogP contribution in [0.1, 0.15) is 30.7 Å². The maximum atomic E-state index is 14.4. The smallest absolute Gasteiger partial charge is 0.173 e. The van der Waals surface area contributed by atoms with Gasteiger partial charge < -0.3 is 31.2 Å². The number of aliphatic hydroxyl groups is 1. The number of aryl methyl sites for hydroxylation is 1. The first-order valence-corrected chi connectivity index (χ1v) is 10.3. The first kappa shape index (κ1) is 21.1. The summed E-state index contributed by atoms with van der Waals surface area (Å²) in [5, 5.41) is 13.5. The van der Waals surface area contributed by atoms with Crippen LogP contribution in [-0.2, 0) is 6.61 Å². The molecule has 0 amide bonds. The number of anilines is 2. The summed E-state index contributed by atoms with van der Waals surface area (Å²) in [6.45, 7) is 7.49. The molecule has 164 valence electrons. The average molecular weight is 426 g/mol. The highest BCUT2D eigenvalue weighted by Gasteiger charge is 2.23. The van der Waals surface area contributed by atoms with Gasteiger partial charge in [-0.1, -0.05) is 0 Å². The van der Waals surface area contributed by atoms with Crippen molar-refractivity contribution in [2.45, 2.75) is 39.5 Å². The zero-order valence-electron chi connectivity index (χ0n) is 17.9. The predicted molar refractivity (Wildman–Crippen MR) is 121 cm³/mol. The number of benzene rings is 1. The lowest BCUT2D eigenvalue weighted by Crippen LogP contribution is -2.54. The van der Waals surface area contributed by atoms with Crippen LogP contribution >= 0.6 is 0 Å². The number of nitrogens with two attached hydrogens (primary N) is 2. The molecule has 0 bridgehead atoms. The third kappa shape index (κ3) is 4.19. The van der Waals surface area contributed by atoms with Gasteiger partial charge >= 0.3 is 0 Å². The molecule has 1 aliphatic heterocycles. The number of pyridine rings is 1. The Morgan fingerprint density at radius 3 is 2.65 bits per heavy atom. The van der Waals surface area contributed by atoms with Crippen LogP contribution in [-0.4, -0.2) is 45.5 Å². The Hall–Kier alpha value is -3.17. The molecule has 31 heavy (non-hydrogen) atoms. The fraction of sp³-hybridized carbons (Fsp3) is 0.364. The van der Waals surface area contributed by atoms with Gasteiger partial charge in [0.25, 0.3) is 0 Å². The van der Waals surface area contributed by atoms with E-state index in [9.17, 15) is 9.50 Å². The Kier molecular flexibility index (Phi) is 5.55. The van der Waals surface area contributed by atoms with E-state index in [2.05, 4.69) is 34.0 Å². The maximum Gasteiger partial charge on any atom is 0.173 e. The van der Waals surface area contributed by atoms with Gasteiger partial charge in [0.1, 0.15) is 5.84 Å². The molecule has 3 heterocycles. The molecule has 4 rings (SSSR count). The van der Waals surface area contributed by atoms with E-state index in [1.807, 2.05) is 12.1 Å². The molecule has 0 saturated carbocycles. The number of amidine groups is 1. The standard InChI is InChI=1S/C22H28FN7O/c1-12-7-29(8-13(2)26-12)17-4-15(11-31)20(19(24)6-17)21(25)28-16-5-18(23)22-27-14(3)9-30(22)10-16/h4-6,9-10,12-13,26,31H,7-8,11,24H2,1-3H3,(H2,25,28). The Morgan fingerprint density at radius 1 is 1.26 bits per heavy atom. The number of rotatable bonds is 4. The monoisotopic (exact) mass is 425 g/mol. The van der Waals surface area contributed by atoms with E-state index in [0.29, 0.717) is 40.3 Å². The number of hydrogen-bond donors (Lipinski definition) is 4. The van der Waals surface area contributed by atoms with Crippen molar-refractivity contribution >= 4 is 28.5 Å². The van der Waals surface area contributed by atoms with Gasteiger partial charge in [0.05, 0.1) is 18.0 Å². The topological polar surface area (TPSA) is 117 Å². The molecule has 0 spiro atoms. The summed E-state index contributed by atoms with van der Waals surface area (Å²) in [5.41, 5.74) is 16.3. The Morgan fingerprint density at radius 2 is 1.97 bits per heavy atom. The lowest BCUT2D eigenvalue weighted by atomic mass is 10.0. The third-order valence-corrected chi connectivity index (χ3v) is 5.45. The van der Waals surface area contributed by atoms with E-state index in [0.717, 1.165) is 18.8 Å². The fourth-order valence-electron chi connectivity index (χ4n) is 4.29. The van der Waals surface area contributed by atoms with Crippen LogP contribution in [0, 0.1) is 12.7 Å². The summed E-state index contributed by atoms with van der Waals surface area (Å²) in [7, 11) is 0. The fourth-order valence-corrected chi connectivity index (χ4v) is 4.29. The molecule has 2 atom stereocenters. The first-order chi connectivity index (χ1) is 14.7. The van der Waals surface area contributed by atoms with Gasteiger partial charge in [-0.05, 0) is 38.5 Å². The number of aromatic nitrogens is 2. The number of nitrogens with one attached hydrogen (secondary N) is 1. The SMILES string of the molecule is Cc1cn2cc(N=C(N)c3c(N)cc(N4CC(C)NC(C)C4)cc3CO)cc(F)c2n1. The van der Waals surface area contributed by atoms with Crippen LogP contribution in [0.5, 0.6) is 0 Å². The van der Waals surface area contributed by atoms with Gasteiger partial charge in [-0.3, -0.25) is 0 Å². The van der Waals surface area contributed by atoms with E-state index in [1.54, 1.807) is 23.7 Å². The van der Waals surface area contributed by atoms with E-state index < -0.39 is 5.82 Å². The molecule has 9 heteroatoms. The van der Waals surface area contributed by atoms with Crippen molar-refractivity contribution in [3.05, 3.63) is 53.2 Å². The van der Waals surface area contributed by atoms with Crippen molar-refractivity contribution in [3.8, 4) is 0 Å². The molecule has 2 aromatic heterocycles. The molecule has 1 aliphatic rings. The molecule has 1 saturated heterocycles. The van der Waals surface area contributed by atoms with Crippen LogP contribution in [0.4, 0.5) is 21.5 Å². The number of nitrogens with zero attached hydrogens (tertiary/aromatic N) is 4. The van der Waals surface area contributed by atoms with Gasteiger partial charge in [-0.25, -0.2) is 14.4 Å². The molecule has 2 unspecified atom stereocenters. The highest BCUT2D eigenvalue weighted by molar-refractivity contribution is 6.05. The van der Waals surface area contributed by atoms with Crippen molar-refractivity contribution in [1.82, 2.24) is 14.7 Å². The van der Waals surface area contributed by atoms with E-state index in [4.69, 9.17) is 11.5 Å².